The largest absolute Gasteiger partial charge is 0.397 e. The molecule has 1 aromatic carbocycles. The Morgan fingerprint density at radius 3 is 2.47 bits per heavy atom. The van der Waals surface area contributed by atoms with Gasteiger partial charge in [-0.05, 0) is 5.92 Å². The molecule has 0 unspecified atom stereocenters. The van der Waals surface area contributed by atoms with Crippen molar-refractivity contribution in [2.75, 3.05) is 12.3 Å². The Labute approximate surface area is 109 Å². The maximum absolute atomic E-state index is 13.7. The second-order valence-electron chi connectivity index (χ2n) is 4.35. The minimum atomic E-state index is -4.13. The number of non-ortho nitro benzene ring substituents is 1. The Bertz CT molecular complexity index is 578. The van der Waals surface area contributed by atoms with E-state index in [0.717, 1.165) is 6.07 Å². The van der Waals surface area contributed by atoms with Crippen LogP contribution in [0, 0.1) is 21.8 Å². The zero-order valence-corrected chi connectivity index (χ0v) is 11.2. The molecule has 0 heterocycles. The predicted molar refractivity (Wildman–Crippen MR) is 67.5 cm³/mol. The van der Waals surface area contributed by atoms with Gasteiger partial charge in [-0.15, -0.1) is 0 Å². The molecule has 7 nitrogen and oxygen atoms in total. The fourth-order valence-electron chi connectivity index (χ4n) is 1.34. The lowest BCUT2D eigenvalue weighted by Gasteiger charge is -2.11. The number of sulfonamides is 1. The van der Waals surface area contributed by atoms with Crippen LogP contribution in [-0.4, -0.2) is 19.9 Å². The molecule has 0 saturated heterocycles. The molecule has 3 N–H and O–H groups in total. The van der Waals surface area contributed by atoms with Crippen LogP contribution in [0.4, 0.5) is 15.8 Å². The van der Waals surface area contributed by atoms with Crippen LogP contribution in [0.5, 0.6) is 0 Å². The summed E-state index contributed by atoms with van der Waals surface area (Å²) < 4.78 is 39.6. The number of benzene rings is 1. The summed E-state index contributed by atoms with van der Waals surface area (Å²) >= 11 is 0. The van der Waals surface area contributed by atoms with Crippen LogP contribution in [0.1, 0.15) is 13.8 Å². The molecule has 0 amide bonds. The topological polar surface area (TPSA) is 115 Å². The number of nitro groups is 1. The van der Waals surface area contributed by atoms with Gasteiger partial charge in [-0.25, -0.2) is 17.5 Å². The third-order valence-corrected chi connectivity index (χ3v) is 3.73. The van der Waals surface area contributed by atoms with Gasteiger partial charge < -0.3 is 5.73 Å². The first kappa shape index (κ1) is 15.3. The first-order valence-corrected chi connectivity index (χ1v) is 6.86. The molecule has 0 aromatic heterocycles. The van der Waals surface area contributed by atoms with Crippen molar-refractivity contribution in [1.82, 2.24) is 4.72 Å². The Morgan fingerprint density at radius 1 is 1.47 bits per heavy atom. The second-order valence-corrected chi connectivity index (χ2v) is 6.05. The first-order valence-electron chi connectivity index (χ1n) is 5.38. The Morgan fingerprint density at radius 2 is 2.05 bits per heavy atom. The van der Waals surface area contributed by atoms with Crippen LogP contribution in [-0.2, 0) is 10.0 Å². The summed E-state index contributed by atoms with van der Waals surface area (Å²) in [5.74, 6) is -1.22. The third-order valence-electron chi connectivity index (χ3n) is 2.22. The lowest BCUT2D eigenvalue weighted by atomic mass is 10.2. The van der Waals surface area contributed by atoms with Crippen LogP contribution in [0.25, 0.3) is 0 Å². The van der Waals surface area contributed by atoms with Crippen LogP contribution in [0.2, 0.25) is 0 Å². The van der Waals surface area contributed by atoms with E-state index in [2.05, 4.69) is 4.72 Å². The van der Waals surface area contributed by atoms with Crippen molar-refractivity contribution < 1.29 is 17.7 Å². The van der Waals surface area contributed by atoms with Crippen LogP contribution >= 0.6 is 0 Å². The molecule has 0 aliphatic carbocycles. The van der Waals surface area contributed by atoms with E-state index < -0.39 is 37.0 Å². The molecule has 1 rings (SSSR count). The molecule has 0 saturated carbocycles. The fourth-order valence-corrected chi connectivity index (χ4v) is 2.72. The minimum absolute atomic E-state index is 0.0251. The van der Waals surface area contributed by atoms with Gasteiger partial charge in [-0.1, -0.05) is 13.8 Å². The number of rotatable bonds is 5. The lowest BCUT2D eigenvalue weighted by molar-refractivity contribution is -0.385. The van der Waals surface area contributed by atoms with Gasteiger partial charge in [0.1, 0.15) is 4.90 Å². The molecule has 0 aliphatic heterocycles. The van der Waals surface area contributed by atoms with Gasteiger partial charge in [0.15, 0.2) is 5.82 Å². The van der Waals surface area contributed by atoms with Crippen molar-refractivity contribution in [2.45, 2.75) is 18.7 Å². The van der Waals surface area contributed by atoms with Gasteiger partial charge in [0.2, 0.25) is 10.0 Å². The summed E-state index contributed by atoms with van der Waals surface area (Å²) in [6, 6.07) is 1.34. The normalized spacial score (nSPS) is 11.8. The molecule has 0 fully saturated rings. The quantitative estimate of drug-likeness (QED) is 0.481. The lowest BCUT2D eigenvalue weighted by Crippen LogP contribution is -2.29. The van der Waals surface area contributed by atoms with Crippen molar-refractivity contribution in [1.29, 1.82) is 0 Å². The molecule has 9 heteroatoms. The van der Waals surface area contributed by atoms with Crippen molar-refractivity contribution >= 4 is 21.4 Å². The van der Waals surface area contributed by atoms with Gasteiger partial charge in [0.05, 0.1) is 16.7 Å². The summed E-state index contributed by atoms with van der Waals surface area (Å²) in [6.45, 7) is 3.66. The number of halogens is 1. The maximum atomic E-state index is 13.7. The number of hydrogen-bond acceptors (Lipinski definition) is 5. The number of hydrogen-bond donors (Lipinski definition) is 2. The SMILES string of the molecule is CC(C)CNS(=O)(=O)c1c(N)cc([N+](=O)[O-])cc1F. The number of nitro benzene ring substituents is 1. The predicted octanol–water partition coefficient (Wildman–Crippen LogP) is 1.25. The molecule has 0 spiro atoms. The first-order chi connectivity index (χ1) is 8.65. The van der Waals surface area contributed by atoms with E-state index in [1.165, 1.54) is 0 Å². The van der Waals surface area contributed by atoms with Gasteiger partial charge in [-0.2, -0.15) is 0 Å². The van der Waals surface area contributed by atoms with Gasteiger partial charge >= 0.3 is 0 Å². The zero-order chi connectivity index (χ0) is 14.8. The van der Waals surface area contributed by atoms with E-state index in [1.54, 1.807) is 13.8 Å². The molecule has 19 heavy (non-hydrogen) atoms. The summed E-state index contributed by atoms with van der Waals surface area (Å²) in [5.41, 5.74) is 4.29. The van der Waals surface area contributed by atoms with Crippen LogP contribution in [0.3, 0.4) is 0 Å². The molecule has 106 valence electrons. The van der Waals surface area contributed by atoms with Crippen LogP contribution < -0.4 is 10.5 Å². The summed E-state index contributed by atoms with van der Waals surface area (Å²) in [5, 5.41) is 10.5. The number of nitrogens with one attached hydrogen (secondary N) is 1. The van der Waals surface area contributed by atoms with Crippen molar-refractivity contribution in [3.05, 3.63) is 28.1 Å². The van der Waals surface area contributed by atoms with E-state index in [9.17, 15) is 22.9 Å². The molecular weight excluding hydrogens is 277 g/mol. The third kappa shape index (κ3) is 3.61. The summed E-state index contributed by atoms with van der Waals surface area (Å²) in [4.78, 5) is 8.88. The zero-order valence-electron chi connectivity index (χ0n) is 10.4. The van der Waals surface area contributed by atoms with E-state index >= 15 is 0 Å². The number of nitrogens with zero attached hydrogens (tertiary/aromatic N) is 1. The number of nitrogens with two attached hydrogens (primary N) is 1. The molecule has 0 aliphatic rings. The average Bonchev–Trinajstić information content (AvgIpc) is 2.25. The summed E-state index contributed by atoms with van der Waals surface area (Å²) in [6.07, 6.45) is 0. The van der Waals surface area contributed by atoms with Crippen LogP contribution in [0.15, 0.2) is 17.0 Å². The van der Waals surface area contributed by atoms with E-state index in [0.29, 0.717) is 6.07 Å². The molecule has 0 bridgehead atoms. The molecular formula is C10H14FN3O4S. The Balaban J connectivity index is 3.24. The highest BCUT2D eigenvalue weighted by Gasteiger charge is 2.25. The Kier molecular flexibility index (Phi) is 4.43. The van der Waals surface area contributed by atoms with Crippen molar-refractivity contribution in [2.24, 2.45) is 5.92 Å². The van der Waals surface area contributed by atoms with Gasteiger partial charge in [0, 0.05) is 12.6 Å². The van der Waals surface area contributed by atoms with Gasteiger partial charge in [-0.3, -0.25) is 10.1 Å². The summed E-state index contributed by atoms with van der Waals surface area (Å²) in [7, 11) is -4.13. The molecule has 0 radical (unpaired) electrons. The smallest absolute Gasteiger partial charge is 0.274 e. The Hall–Kier alpha value is -1.74. The second kappa shape index (κ2) is 5.49. The van der Waals surface area contributed by atoms with Gasteiger partial charge in [0.25, 0.3) is 5.69 Å². The van der Waals surface area contributed by atoms with E-state index in [1.807, 2.05) is 0 Å². The highest BCUT2D eigenvalue weighted by atomic mass is 32.2. The highest BCUT2D eigenvalue weighted by molar-refractivity contribution is 7.89. The van der Waals surface area contributed by atoms with Crippen molar-refractivity contribution in [3.8, 4) is 0 Å². The van der Waals surface area contributed by atoms with Crippen molar-refractivity contribution in [3.63, 3.8) is 0 Å². The standard InChI is InChI=1S/C10H14FN3O4S/c1-6(2)5-13-19(17,18)10-8(11)3-7(14(15)16)4-9(10)12/h3-4,6,13H,5,12H2,1-2H3. The monoisotopic (exact) mass is 291 g/mol. The molecule has 1 aromatic rings. The minimum Gasteiger partial charge on any atom is -0.397 e. The average molecular weight is 291 g/mol. The molecule has 0 atom stereocenters. The number of nitrogen functional groups attached to an aromatic ring is 1. The van der Waals surface area contributed by atoms with E-state index in [-0.39, 0.29) is 12.5 Å². The number of anilines is 1. The fraction of sp³-hybridized carbons (Fsp3) is 0.400. The van der Waals surface area contributed by atoms with E-state index in [4.69, 9.17) is 5.73 Å². The maximum Gasteiger partial charge on any atom is 0.274 e. The highest BCUT2D eigenvalue weighted by Crippen LogP contribution is 2.27.